The van der Waals surface area contributed by atoms with Crippen LogP contribution in [0.2, 0.25) is 15.1 Å². The molecule has 1 N–H and O–H groups in total. The van der Waals surface area contributed by atoms with E-state index >= 15 is 0 Å². The first-order chi connectivity index (χ1) is 21.5. The van der Waals surface area contributed by atoms with E-state index < -0.39 is 28.5 Å². The zero-order valence-electron chi connectivity index (χ0n) is 24.9. The normalized spacial score (nSPS) is 12.6. The minimum Gasteiger partial charge on any atom is -0.352 e. The Bertz CT molecular complexity index is 1710. The molecule has 2 atom stereocenters. The quantitative estimate of drug-likeness (QED) is 0.159. The molecule has 0 radical (unpaired) electrons. The second-order valence-electron chi connectivity index (χ2n) is 10.6. The molecule has 7 nitrogen and oxygen atoms in total. The smallest absolute Gasteiger partial charge is 0.264 e. The molecule has 0 fully saturated rings. The Morgan fingerprint density at radius 1 is 0.800 bits per heavy atom. The maximum absolute atomic E-state index is 14.5. The lowest BCUT2D eigenvalue weighted by molar-refractivity contribution is -0.140. The number of amides is 2. The average Bonchev–Trinajstić information content (AvgIpc) is 3.04. The molecule has 0 unspecified atom stereocenters. The van der Waals surface area contributed by atoms with Gasteiger partial charge in [-0.25, -0.2) is 8.42 Å². The first-order valence-corrected chi connectivity index (χ1v) is 17.0. The van der Waals surface area contributed by atoms with Crippen LogP contribution in [-0.2, 0) is 32.6 Å². The van der Waals surface area contributed by atoms with Crippen molar-refractivity contribution in [2.45, 2.75) is 50.2 Å². The SMILES string of the molecule is CC[C@@H](C)NC(=O)[C@H](Cc1ccccc1)N(Cc1ccc(Cl)cc1)C(=O)CN(c1cc(Cl)ccc1Cl)S(=O)(=O)c1ccccc1. The lowest BCUT2D eigenvalue weighted by Gasteiger charge is -2.34. The standard InChI is InChI=1S/C34H34Cl3N3O4S/c1-3-24(2)38-34(42)32(20-25-10-6-4-7-11-25)39(22-26-14-16-27(35)17-15-26)33(41)23-40(31-21-28(36)18-19-30(31)37)45(43,44)29-12-8-5-9-13-29/h4-19,21,24,32H,3,20,22-23H2,1-2H3,(H,38,42)/t24-,32+/m1/s1. The Morgan fingerprint density at radius 2 is 1.40 bits per heavy atom. The summed E-state index contributed by atoms with van der Waals surface area (Å²) in [6.45, 7) is 3.21. The van der Waals surface area contributed by atoms with E-state index in [0.717, 1.165) is 9.87 Å². The van der Waals surface area contributed by atoms with E-state index in [2.05, 4.69) is 5.32 Å². The highest BCUT2D eigenvalue weighted by Crippen LogP contribution is 2.33. The molecule has 2 amide bonds. The maximum atomic E-state index is 14.5. The van der Waals surface area contributed by atoms with Crippen LogP contribution in [0.15, 0.2) is 108 Å². The fourth-order valence-electron chi connectivity index (χ4n) is 4.69. The van der Waals surface area contributed by atoms with E-state index in [0.29, 0.717) is 17.0 Å². The number of sulfonamides is 1. The number of nitrogens with zero attached hydrogens (tertiary/aromatic N) is 2. The molecular weight excluding hydrogens is 653 g/mol. The van der Waals surface area contributed by atoms with Gasteiger partial charge in [0, 0.05) is 29.1 Å². The fourth-order valence-corrected chi connectivity index (χ4v) is 6.70. The highest BCUT2D eigenvalue weighted by molar-refractivity contribution is 7.92. The average molecular weight is 687 g/mol. The van der Waals surface area contributed by atoms with Crippen molar-refractivity contribution in [3.8, 4) is 0 Å². The van der Waals surface area contributed by atoms with Gasteiger partial charge in [0.05, 0.1) is 15.6 Å². The molecule has 0 aliphatic heterocycles. The van der Waals surface area contributed by atoms with Crippen LogP contribution in [0.1, 0.15) is 31.4 Å². The Labute approximate surface area is 279 Å². The van der Waals surface area contributed by atoms with Gasteiger partial charge in [-0.3, -0.25) is 13.9 Å². The third-order valence-electron chi connectivity index (χ3n) is 7.33. The molecule has 0 aliphatic rings. The number of carbonyl (C=O) groups excluding carboxylic acids is 2. The molecule has 0 saturated heterocycles. The highest BCUT2D eigenvalue weighted by Gasteiger charge is 2.35. The summed E-state index contributed by atoms with van der Waals surface area (Å²) in [4.78, 5) is 29.8. The highest BCUT2D eigenvalue weighted by atomic mass is 35.5. The van der Waals surface area contributed by atoms with Crippen LogP contribution in [0.3, 0.4) is 0 Å². The molecule has 236 valence electrons. The van der Waals surface area contributed by atoms with Crippen molar-refractivity contribution in [3.63, 3.8) is 0 Å². The number of carbonyl (C=O) groups is 2. The Morgan fingerprint density at radius 3 is 2.02 bits per heavy atom. The van der Waals surface area contributed by atoms with E-state index in [4.69, 9.17) is 34.8 Å². The summed E-state index contributed by atoms with van der Waals surface area (Å²) < 4.78 is 29.1. The minimum absolute atomic E-state index is 0.0178. The van der Waals surface area contributed by atoms with Crippen molar-refractivity contribution in [2.24, 2.45) is 0 Å². The predicted octanol–water partition coefficient (Wildman–Crippen LogP) is 7.40. The van der Waals surface area contributed by atoms with E-state index in [9.17, 15) is 18.0 Å². The molecule has 4 aromatic rings. The van der Waals surface area contributed by atoms with E-state index in [-0.39, 0.29) is 45.5 Å². The second kappa shape index (κ2) is 15.6. The zero-order chi connectivity index (χ0) is 32.6. The number of hydrogen-bond acceptors (Lipinski definition) is 4. The Kier molecular flexibility index (Phi) is 11.9. The third kappa shape index (κ3) is 9.01. The summed E-state index contributed by atoms with van der Waals surface area (Å²) in [5.41, 5.74) is 1.58. The van der Waals surface area contributed by atoms with Crippen molar-refractivity contribution >= 4 is 62.3 Å². The van der Waals surface area contributed by atoms with Gasteiger partial charge in [0.25, 0.3) is 10.0 Å². The molecule has 0 aliphatic carbocycles. The summed E-state index contributed by atoms with van der Waals surface area (Å²) in [7, 11) is -4.30. The minimum atomic E-state index is -4.30. The van der Waals surface area contributed by atoms with Crippen molar-refractivity contribution in [1.82, 2.24) is 10.2 Å². The van der Waals surface area contributed by atoms with Crippen molar-refractivity contribution in [3.05, 3.63) is 129 Å². The predicted molar refractivity (Wildman–Crippen MR) is 181 cm³/mol. The number of benzene rings is 4. The number of anilines is 1. The summed E-state index contributed by atoms with van der Waals surface area (Å²) in [5.74, 6) is -0.963. The Balaban J connectivity index is 1.83. The van der Waals surface area contributed by atoms with Gasteiger partial charge in [-0.05, 0) is 66.9 Å². The van der Waals surface area contributed by atoms with Gasteiger partial charge < -0.3 is 10.2 Å². The molecule has 0 heterocycles. The van der Waals surface area contributed by atoms with Crippen LogP contribution in [0, 0.1) is 0 Å². The van der Waals surface area contributed by atoms with Crippen LogP contribution in [0.4, 0.5) is 5.69 Å². The topological polar surface area (TPSA) is 86.8 Å². The van der Waals surface area contributed by atoms with E-state index in [1.54, 1.807) is 42.5 Å². The van der Waals surface area contributed by atoms with E-state index in [1.165, 1.54) is 35.2 Å². The Hall–Kier alpha value is -3.56. The van der Waals surface area contributed by atoms with Gasteiger partial charge in [-0.1, -0.05) is 102 Å². The van der Waals surface area contributed by atoms with Crippen LogP contribution < -0.4 is 9.62 Å². The number of nitrogens with one attached hydrogen (secondary N) is 1. The largest absolute Gasteiger partial charge is 0.352 e. The number of halogens is 3. The number of hydrogen-bond donors (Lipinski definition) is 1. The van der Waals surface area contributed by atoms with E-state index in [1.807, 2.05) is 44.2 Å². The lowest BCUT2D eigenvalue weighted by atomic mass is 10.0. The second-order valence-corrected chi connectivity index (χ2v) is 13.7. The molecular formula is C34H34Cl3N3O4S. The fraction of sp³-hybridized carbons (Fsp3) is 0.235. The summed E-state index contributed by atoms with van der Waals surface area (Å²) in [5, 5.41) is 3.86. The summed E-state index contributed by atoms with van der Waals surface area (Å²) in [6, 6.07) is 27.3. The first-order valence-electron chi connectivity index (χ1n) is 14.4. The first kappa shape index (κ1) is 34.3. The monoisotopic (exact) mass is 685 g/mol. The van der Waals surface area contributed by atoms with Crippen LogP contribution in [0.5, 0.6) is 0 Å². The van der Waals surface area contributed by atoms with Crippen molar-refractivity contribution in [2.75, 3.05) is 10.8 Å². The van der Waals surface area contributed by atoms with Gasteiger partial charge in [-0.2, -0.15) is 0 Å². The molecule has 0 saturated carbocycles. The van der Waals surface area contributed by atoms with Crippen LogP contribution in [-0.4, -0.2) is 43.8 Å². The van der Waals surface area contributed by atoms with Gasteiger partial charge in [0.2, 0.25) is 11.8 Å². The summed E-state index contributed by atoms with van der Waals surface area (Å²) >= 11 is 18.9. The van der Waals surface area contributed by atoms with Crippen molar-refractivity contribution in [1.29, 1.82) is 0 Å². The molecule has 11 heteroatoms. The van der Waals surface area contributed by atoms with Gasteiger partial charge in [-0.15, -0.1) is 0 Å². The third-order valence-corrected chi connectivity index (χ3v) is 9.91. The van der Waals surface area contributed by atoms with Crippen LogP contribution in [0.25, 0.3) is 0 Å². The van der Waals surface area contributed by atoms with Gasteiger partial charge in [0.1, 0.15) is 12.6 Å². The molecule has 45 heavy (non-hydrogen) atoms. The summed E-state index contributed by atoms with van der Waals surface area (Å²) in [6.07, 6.45) is 0.886. The molecule has 0 bridgehead atoms. The van der Waals surface area contributed by atoms with Crippen LogP contribution >= 0.6 is 34.8 Å². The molecule has 0 aromatic heterocycles. The zero-order valence-corrected chi connectivity index (χ0v) is 28.0. The number of rotatable bonds is 13. The maximum Gasteiger partial charge on any atom is 0.264 e. The molecule has 4 rings (SSSR count). The van der Waals surface area contributed by atoms with Gasteiger partial charge in [0.15, 0.2) is 0 Å². The van der Waals surface area contributed by atoms with Gasteiger partial charge >= 0.3 is 0 Å². The van der Waals surface area contributed by atoms with Crippen molar-refractivity contribution < 1.29 is 18.0 Å². The lowest BCUT2D eigenvalue weighted by Crippen LogP contribution is -2.54. The molecule has 0 spiro atoms. The molecule has 4 aromatic carbocycles.